The molecule has 0 radical (unpaired) electrons. The number of rotatable bonds is 3. The van der Waals surface area contributed by atoms with Crippen LogP contribution < -0.4 is 42.4 Å². The summed E-state index contributed by atoms with van der Waals surface area (Å²) in [6.07, 6.45) is 3.60. The third kappa shape index (κ3) is 5.00. The number of hydrogen-bond donors (Lipinski definition) is 0. The normalized spacial score (nSPS) is 18.8. The van der Waals surface area contributed by atoms with Crippen molar-refractivity contribution in [2.24, 2.45) is 5.92 Å². The van der Waals surface area contributed by atoms with Gasteiger partial charge in [-0.15, -0.1) is 6.92 Å². The summed E-state index contributed by atoms with van der Waals surface area (Å²) < 4.78 is 0. The van der Waals surface area contributed by atoms with Crippen LogP contribution in [-0.4, -0.2) is 8.07 Å². The molecule has 1 aliphatic rings. The third-order valence-electron chi connectivity index (χ3n) is 4.55. The van der Waals surface area contributed by atoms with Crippen LogP contribution in [0.3, 0.4) is 0 Å². The smallest absolute Gasteiger partial charge is 1.00 e. The van der Waals surface area contributed by atoms with Gasteiger partial charge in [-0.2, -0.15) is 5.20 Å². The molecule has 0 fully saturated rings. The molecule has 0 amide bonds. The molecule has 0 aromatic heterocycles. The van der Waals surface area contributed by atoms with Crippen LogP contribution in [0.25, 0.3) is 0 Å². The average molecular weight is 410 g/mol. The van der Waals surface area contributed by atoms with Crippen LogP contribution >= 0.6 is 0 Å². The van der Waals surface area contributed by atoms with E-state index in [1.807, 2.05) is 0 Å². The van der Waals surface area contributed by atoms with E-state index in [-0.39, 0.29) is 58.9 Å². The van der Waals surface area contributed by atoms with E-state index in [0.717, 1.165) is 0 Å². The van der Waals surface area contributed by atoms with Crippen molar-refractivity contribution in [3.05, 3.63) is 52.8 Å². The number of benzene rings is 1. The molecule has 2 unspecified atom stereocenters. The van der Waals surface area contributed by atoms with Crippen molar-refractivity contribution in [2.75, 3.05) is 0 Å². The van der Waals surface area contributed by atoms with Gasteiger partial charge in [0.25, 0.3) is 0 Å². The fraction of sp³-hybridized carbons (Fsp3) is 0.412. The Morgan fingerprint density at radius 3 is 1.91 bits per heavy atom. The SMILES string of the molecule is CC[Si](C)(C1=C(C)C(C)=[C-]C1C)c1ccccc1.[Cl-].[Cl-].[Cl-].[Ti+4]. The van der Waals surface area contributed by atoms with Crippen LogP contribution in [0.4, 0.5) is 0 Å². The van der Waals surface area contributed by atoms with Gasteiger partial charge in [0.1, 0.15) is 0 Å². The Balaban J connectivity index is -0.000000902. The molecule has 120 valence electrons. The summed E-state index contributed by atoms with van der Waals surface area (Å²) in [6.45, 7) is 11.6. The van der Waals surface area contributed by atoms with E-state index in [0.29, 0.717) is 5.92 Å². The van der Waals surface area contributed by atoms with Crippen LogP contribution in [0.2, 0.25) is 12.6 Å². The molecule has 0 saturated heterocycles. The molecule has 0 bridgehead atoms. The van der Waals surface area contributed by atoms with Gasteiger partial charge in [-0.3, -0.25) is 6.08 Å². The van der Waals surface area contributed by atoms with Crippen LogP contribution in [-0.2, 0) is 21.7 Å². The summed E-state index contributed by atoms with van der Waals surface area (Å²) in [5, 5.41) is 3.25. The molecule has 0 aliphatic heterocycles. The van der Waals surface area contributed by atoms with Gasteiger partial charge in [0.15, 0.2) is 0 Å². The maximum atomic E-state index is 3.60. The molecular formula is C17H23Cl3SiTi. The molecule has 1 aromatic rings. The second-order valence-corrected chi connectivity index (χ2v) is 10.1. The Bertz CT molecular complexity index is 514. The monoisotopic (exact) mass is 408 g/mol. The summed E-state index contributed by atoms with van der Waals surface area (Å²) in [4.78, 5) is 0. The van der Waals surface area contributed by atoms with E-state index in [1.54, 1.807) is 10.4 Å². The minimum Gasteiger partial charge on any atom is -1.00 e. The van der Waals surface area contributed by atoms with E-state index < -0.39 is 8.07 Å². The van der Waals surface area contributed by atoms with Gasteiger partial charge >= 0.3 is 21.7 Å². The van der Waals surface area contributed by atoms with Gasteiger partial charge in [-0.25, -0.2) is 11.1 Å². The van der Waals surface area contributed by atoms with Crippen molar-refractivity contribution in [3.8, 4) is 0 Å². The van der Waals surface area contributed by atoms with Crippen molar-refractivity contribution in [1.29, 1.82) is 0 Å². The standard InChI is InChI=1S/C17H23Si.3ClH.Ti/c1-6-18(5,16-10-8-7-9-11-16)17-14(3)12-13(2)15(17)4;;;;/h7-11,14H,6H2,1-5H3;3*1H;/q-1;;;;+4/p-3. The first-order valence-corrected chi connectivity index (χ1v) is 9.58. The third-order valence-corrected chi connectivity index (χ3v) is 9.56. The molecule has 0 N–H and O–H groups in total. The van der Waals surface area contributed by atoms with E-state index >= 15 is 0 Å². The molecule has 0 saturated carbocycles. The number of halogens is 3. The molecule has 5 heteroatoms. The quantitative estimate of drug-likeness (QED) is 0.348. The van der Waals surface area contributed by atoms with E-state index in [9.17, 15) is 0 Å². The summed E-state index contributed by atoms with van der Waals surface area (Å²) in [7, 11) is -1.54. The molecule has 2 rings (SSSR count). The maximum absolute atomic E-state index is 3.60. The van der Waals surface area contributed by atoms with Crippen LogP contribution in [0.1, 0.15) is 27.7 Å². The van der Waals surface area contributed by atoms with E-state index in [1.165, 1.54) is 17.2 Å². The maximum Gasteiger partial charge on any atom is 4.00 e. The summed E-state index contributed by atoms with van der Waals surface area (Å²) in [5.41, 5.74) is 2.86. The van der Waals surface area contributed by atoms with Crippen molar-refractivity contribution >= 4 is 13.3 Å². The molecular weight excluding hydrogens is 386 g/mol. The van der Waals surface area contributed by atoms with Gasteiger partial charge in [0.05, 0.1) is 8.07 Å². The Morgan fingerprint density at radius 2 is 1.55 bits per heavy atom. The van der Waals surface area contributed by atoms with Gasteiger partial charge < -0.3 is 37.2 Å². The second-order valence-electron chi connectivity index (χ2n) is 5.58. The van der Waals surface area contributed by atoms with Gasteiger partial charge in [-0.1, -0.05) is 74.8 Å². The first-order chi connectivity index (χ1) is 8.50. The number of hydrogen-bond acceptors (Lipinski definition) is 0. The fourth-order valence-electron chi connectivity index (χ4n) is 3.28. The van der Waals surface area contributed by atoms with Crippen molar-refractivity contribution in [2.45, 2.75) is 40.3 Å². The minimum atomic E-state index is -1.54. The zero-order chi connectivity index (χ0) is 13.3. The van der Waals surface area contributed by atoms with E-state index in [4.69, 9.17) is 0 Å². The predicted molar refractivity (Wildman–Crippen MR) is 82.5 cm³/mol. The average Bonchev–Trinajstić information content (AvgIpc) is 2.64. The first kappa shape index (κ1) is 27.4. The first-order valence-electron chi connectivity index (χ1n) is 6.88. The van der Waals surface area contributed by atoms with Crippen molar-refractivity contribution in [1.82, 2.24) is 0 Å². The van der Waals surface area contributed by atoms with Gasteiger partial charge in [0, 0.05) is 0 Å². The molecule has 22 heavy (non-hydrogen) atoms. The van der Waals surface area contributed by atoms with Crippen molar-refractivity contribution in [3.63, 3.8) is 0 Å². The zero-order valence-corrected chi connectivity index (χ0v) is 18.6. The Labute approximate surface area is 170 Å². The number of allylic oxidation sites excluding steroid dienone is 4. The fourth-order valence-corrected chi connectivity index (χ4v) is 7.35. The Kier molecular flexibility index (Phi) is 13.8. The summed E-state index contributed by atoms with van der Waals surface area (Å²) in [5.74, 6) is 0.502. The van der Waals surface area contributed by atoms with Crippen LogP contribution in [0.15, 0.2) is 46.7 Å². The zero-order valence-electron chi connectivity index (χ0n) is 13.8. The summed E-state index contributed by atoms with van der Waals surface area (Å²) in [6, 6.07) is 12.4. The molecule has 0 heterocycles. The van der Waals surface area contributed by atoms with Crippen LogP contribution in [0, 0.1) is 12.0 Å². The van der Waals surface area contributed by atoms with Gasteiger partial charge in [-0.05, 0) is 0 Å². The van der Waals surface area contributed by atoms with Gasteiger partial charge in [0.2, 0.25) is 0 Å². The molecule has 2 atom stereocenters. The molecule has 0 spiro atoms. The molecule has 0 nitrogen and oxygen atoms in total. The summed E-state index contributed by atoms with van der Waals surface area (Å²) >= 11 is 0. The topological polar surface area (TPSA) is 0 Å². The largest absolute Gasteiger partial charge is 4.00 e. The van der Waals surface area contributed by atoms with Crippen LogP contribution in [0.5, 0.6) is 0 Å². The molecule has 1 aromatic carbocycles. The predicted octanol–water partition coefficient (Wildman–Crippen LogP) is -4.74. The van der Waals surface area contributed by atoms with Crippen molar-refractivity contribution < 1.29 is 58.9 Å². The molecule has 1 aliphatic carbocycles. The minimum absolute atomic E-state index is 0. The Morgan fingerprint density at radius 1 is 1.05 bits per heavy atom. The van der Waals surface area contributed by atoms with E-state index in [2.05, 4.69) is 70.6 Å². The Hall–Kier alpha value is 0.501. The second kappa shape index (κ2) is 11.1.